The number of hydrogen-bond donors (Lipinski definition) is 1. The first-order chi connectivity index (χ1) is 12.6. The molecule has 0 spiro atoms. The van der Waals surface area contributed by atoms with Crippen LogP contribution in [0.3, 0.4) is 0 Å². The molecule has 1 aliphatic rings. The zero-order valence-electron chi connectivity index (χ0n) is 15.2. The molecule has 3 rings (SSSR count). The molecule has 0 unspecified atom stereocenters. The quantitative estimate of drug-likeness (QED) is 0.578. The second-order valence-electron chi connectivity index (χ2n) is 5.85. The summed E-state index contributed by atoms with van der Waals surface area (Å²) in [4.78, 5) is 17.6. The standard InChI is InChI=1S/C16H23BrN8O/c1-18-15(19-10-12-4-5-21-23(12)2)24-6-8-25(9-7-24)16-20-11-13(17)14(22-16)26-3/h4-5,11H,6-10H2,1-3H3,(H,18,19). The first-order valence-corrected chi connectivity index (χ1v) is 9.15. The smallest absolute Gasteiger partial charge is 0.232 e. The SMILES string of the molecule is CN=C(NCc1ccnn1C)N1CCN(c2ncc(Br)c(OC)n2)CC1. The lowest BCUT2D eigenvalue weighted by molar-refractivity contribution is 0.365. The van der Waals surface area contributed by atoms with Gasteiger partial charge < -0.3 is 19.9 Å². The summed E-state index contributed by atoms with van der Waals surface area (Å²) in [5.74, 6) is 2.12. The number of aliphatic imine (C=N–C) groups is 1. The van der Waals surface area contributed by atoms with Gasteiger partial charge in [-0.3, -0.25) is 9.67 Å². The van der Waals surface area contributed by atoms with Gasteiger partial charge in [0.15, 0.2) is 5.96 Å². The number of hydrogen-bond acceptors (Lipinski definition) is 6. The Bertz CT molecular complexity index is 769. The van der Waals surface area contributed by atoms with E-state index in [0.29, 0.717) is 18.4 Å². The highest BCUT2D eigenvalue weighted by atomic mass is 79.9. The molecule has 1 saturated heterocycles. The molecule has 3 heterocycles. The Kier molecular flexibility index (Phi) is 5.92. The first kappa shape index (κ1) is 18.4. The molecule has 9 nitrogen and oxygen atoms in total. The summed E-state index contributed by atoms with van der Waals surface area (Å²) >= 11 is 3.38. The molecule has 2 aromatic heterocycles. The molecular weight excluding hydrogens is 400 g/mol. The van der Waals surface area contributed by atoms with Gasteiger partial charge >= 0.3 is 0 Å². The molecule has 0 saturated carbocycles. The molecule has 10 heteroatoms. The third-order valence-electron chi connectivity index (χ3n) is 4.32. The fraction of sp³-hybridized carbons (Fsp3) is 0.500. The monoisotopic (exact) mass is 422 g/mol. The average molecular weight is 423 g/mol. The lowest BCUT2D eigenvalue weighted by atomic mass is 10.3. The highest BCUT2D eigenvalue weighted by molar-refractivity contribution is 9.10. The van der Waals surface area contributed by atoms with E-state index < -0.39 is 0 Å². The maximum atomic E-state index is 5.26. The molecule has 0 amide bonds. The van der Waals surface area contributed by atoms with Crippen LogP contribution >= 0.6 is 15.9 Å². The van der Waals surface area contributed by atoms with Crippen molar-refractivity contribution >= 4 is 27.8 Å². The van der Waals surface area contributed by atoms with Gasteiger partial charge in [-0.05, 0) is 22.0 Å². The second kappa shape index (κ2) is 8.35. The summed E-state index contributed by atoms with van der Waals surface area (Å²) in [5.41, 5.74) is 1.11. The van der Waals surface area contributed by atoms with E-state index in [2.05, 4.69) is 51.1 Å². The number of methoxy groups -OCH3 is 1. The summed E-state index contributed by atoms with van der Waals surface area (Å²) < 4.78 is 7.87. The highest BCUT2D eigenvalue weighted by Crippen LogP contribution is 2.23. The van der Waals surface area contributed by atoms with Gasteiger partial charge in [0.25, 0.3) is 0 Å². The van der Waals surface area contributed by atoms with Crippen molar-refractivity contribution in [3.8, 4) is 5.88 Å². The Morgan fingerprint density at radius 3 is 2.73 bits per heavy atom. The number of guanidine groups is 1. The number of aryl methyl sites for hydroxylation is 1. The van der Waals surface area contributed by atoms with Crippen molar-refractivity contribution in [2.24, 2.45) is 12.0 Å². The Hall–Kier alpha value is -2.36. The minimum Gasteiger partial charge on any atom is -0.480 e. The first-order valence-electron chi connectivity index (χ1n) is 8.36. The molecule has 0 aliphatic carbocycles. The van der Waals surface area contributed by atoms with Crippen LogP contribution in [0.2, 0.25) is 0 Å². The molecule has 0 bridgehead atoms. The lowest BCUT2D eigenvalue weighted by Crippen LogP contribution is -2.52. The van der Waals surface area contributed by atoms with Crippen LogP contribution in [0.15, 0.2) is 27.9 Å². The molecule has 1 N–H and O–H groups in total. The zero-order chi connectivity index (χ0) is 18.5. The second-order valence-corrected chi connectivity index (χ2v) is 6.70. The maximum Gasteiger partial charge on any atom is 0.232 e. The number of aromatic nitrogens is 4. The molecule has 140 valence electrons. The maximum absolute atomic E-state index is 5.26. The van der Waals surface area contributed by atoms with Gasteiger partial charge in [-0.25, -0.2) is 4.98 Å². The predicted molar refractivity (Wildman–Crippen MR) is 103 cm³/mol. The van der Waals surface area contributed by atoms with E-state index in [4.69, 9.17) is 4.74 Å². The molecule has 0 radical (unpaired) electrons. The van der Waals surface area contributed by atoms with Crippen molar-refractivity contribution in [1.29, 1.82) is 0 Å². The minimum absolute atomic E-state index is 0.547. The van der Waals surface area contributed by atoms with E-state index in [1.54, 1.807) is 26.6 Å². The average Bonchev–Trinajstić information content (AvgIpc) is 3.08. The van der Waals surface area contributed by atoms with Crippen molar-refractivity contribution in [2.45, 2.75) is 6.54 Å². The Morgan fingerprint density at radius 1 is 1.35 bits per heavy atom. The van der Waals surface area contributed by atoms with Crippen LogP contribution in [0.5, 0.6) is 5.88 Å². The van der Waals surface area contributed by atoms with Crippen LogP contribution in [0.1, 0.15) is 5.69 Å². The number of rotatable bonds is 4. The van der Waals surface area contributed by atoms with Crippen molar-refractivity contribution < 1.29 is 4.74 Å². The van der Waals surface area contributed by atoms with Gasteiger partial charge in [0.05, 0.1) is 30.0 Å². The van der Waals surface area contributed by atoms with Crippen LogP contribution in [-0.2, 0) is 13.6 Å². The summed E-state index contributed by atoms with van der Waals surface area (Å²) in [6.45, 7) is 4.00. The van der Waals surface area contributed by atoms with Crippen molar-refractivity contribution in [3.63, 3.8) is 0 Å². The number of nitrogens with one attached hydrogen (secondary N) is 1. The van der Waals surface area contributed by atoms with E-state index in [-0.39, 0.29) is 0 Å². The fourth-order valence-electron chi connectivity index (χ4n) is 2.83. The molecule has 1 aliphatic heterocycles. The lowest BCUT2D eigenvalue weighted by Gasteiger charge is -2.36. The van der Waals surface area contributed by atoms with Gasteiger partial charge in [-0.2, -0.15) is 10.1 Å². The van der Waals surface area contributed by atoms with Crippen LogP contribution in [0, 0.1) is 0 Å². The van der Waals surface area contributed by atoms with Gasteiger partial charge in [0.2, 0.25) is 11.8 Å². The number of halogens is 1. The highest BCUT2D eigenvalue weighted by Gasteiger charge is 2.22. The van der Waals surface area contributed by atoms with Crippen molar-refractivity contribution in [2.75, 3.05) is 45.2 Å². The molecule has 26 heavy (non-hydrogen) atoms. The van der Waals surface area contributed by atoms with Crippen molar-refractivity contribution in [3.05, 3.63) is 28.6 Å². The van der Waals surface area contributed by atoms with Crippen LogP contribution < -0.4 is 15.0 Å². The summed E-state index contributed by atoms with van der Waals surface area (Å²) in [5, 5.41) is 7.59. The van der Waals surface area contributed by atoms with Gasteiger partial charge in [0, 0.05) is 46.5 Å². The van der Waals surface area contributed by atoms with Crippen LogP contribution in [0.4, 0.5) is 5.95 Å². The number of ether oxygens (including phenoxy) is 1. The number of piperazine rings is 1. The van der Waals surface area contributed by atoms with E-state index >= 15 is 0 Å². The molecule has 0 atom stereocenters. The van der Waals surface area contributed by atoms with E-state index in [1.807, 2.05) is 17.8 Å². The Balaban J connectivity index is 1.57. The molecule has 1 fully saturated rings. The summed E-state index contributed by atoms with van der Waals surface area (Å²) in [6, 6.07) is 2.00. The number of nitrogens with zero attached hydrogens (tertiary/aromatic N) is 7. The van der Waals surface area contributed by atoms with E-state index in [1.165, 1.54) is 0 Å². The largest absolute Gasteiger partial charge is 0.480 e. The zero-order valence-corrected chi connectivity index (χ0v) is 16.8. The number of anilines is 1. The summed E-state index contributed by atoms with van der Waals surface area (Å²) in [6.07, 6.45) is 3.52. The van der Waals surface area contributed by atoms with Crippen LogP contribution in [-0.4, -0.2) is 70.9 Å². The van der Waals surface area contributed by atoms with Gasteiger partial charge in [-0.15, -0.1) is 0 Å². The predicted octanol–water partition coefficient (Wildman–Crippen LogP) is 0.879. The van der Waals surface area contributed by atoms with Crippen molar-refractivity contribution in [1.82, 2.24) is 30.0 Å². The van der Waals surface area contributed by atoms with Gasteiger partial charge in [-0.1, -0.05) is 0 Å². The third kappa shape index (κ3) is 4.06. The normalized spacial score (nSPS) is 15.3. The molecule has 2 aromatic rings. The molecule has 0 aromatic carbocycles. The van der Waals surface area contributed by atoms with Crippen LogP contribution in [0.25, 0.3) is 0 Å². The third-order valence-corrected chi connectivity index (χ3v) is 4.86. The minimum atomic E-state index is 0.547. The Morgan fingerprint density at radius 2 is 2.12 bits per heavy atom. The topological polar surface area (TPSA) is 83.7 Å². The summed E-state index contributed by atoms with van der Waals surface area (Å²) in [7, 11) is 5.35. The molecular formula is C16H23BrN8O. The van der Waals surface area contributed by atoms with E-state index in [0.717, 1.165) is 42.3 Å². The van der Waals surface area contributed by atoms with E-state index in [9.17, 15) is 0 Å². The Labute approximate surface area is 161 Å². The van der Waals surface area contributed by atoms with Gasteiger partial charge in [0.1, 0.15) is 0 Å². The fourth-order valence-corrected chi connectivity index (χ4v) is 3.19.